The van der Waals surface area contributed by atoms with Crippen LogP contribution in [0.5, 0.6) is 11.5 Å². The number of rotatable bonds is 8. The lowest BCUT2D eigenvalue weighted by Crippen LogP contribution is -2.30. The number of hydrogen-bond donors (Lipinski definition) is 0. The predicted molar refractivity (Wildman–Crippen MR) is 108 cm³/mol. The monoisotopic (exact) mass is 396 g/mol. The van der Waals surface area contributed by atoms with Crippen LogP contribution in [0.25, 0.3) is 0 Å². The molecule has 0 radical (unpaired) electrons. The molecule has 0 atom stereocenters. The van der Waals surface area contributed by atoms with E-state index >= 15 is 0 Å². The average Bonchev–Trinajstić information content (AvgIpc) is 2.73. The number of benzene rings is 2. The summed E-state index contributed by atoms with van der Waals surface area (Å²) in [6, 6.07) is 20.7. The molecule has 0 saturated heterocycles. The topological polar surface area (TPSA) is 51.7 Å². The van der Waals surface area contributed by atoms with Crippen molar-refractivity contribution in [3.8, 4) is 11.5 Å². The fourth-order valence-electron chi connectivity index (χ4n) is 2.49. The molecule has 2 aromatic carbocycles. The van der Waals surface area contributed by atoms with Crippen molar-refractivity contribution in [2.75, 3.05) is 13.7 Å². The lowest BCUT2D eigenvalue weighted by atomic mass is 10.2. The Morgan fingerprint density at radius 2 is 1.61 bits per heavy atom. The van der Waals surface area contributed by atoms with Crippen LogP contribution < -0.4 is 9.47 Å². The van der Waals surface area contributed by atoms with E-state index in [1.807, 2.05) is 48.5 Å². The molecule has 0 unspecified atom stereocenters. The maximum absolute atomic E-state index is 12.2. The Bertz CT molecular complexity index is 884. The Balaban J connectivity index is 1.44. The molecule has 1 heterocycles. The molecular formula is C22H21ClN2O3. The van der Waals surface area contributed by atoms with E-state index in [1.165, 1.54) is 0 Å². The summed E-state index contributed by atoms with van der Waals surface area (Å²) in [6.45, 7) is 0.907. The highest BCUT2D eigenvalue weighted by atomic mass is 35.5. The highest BCUT2D eigenvalue weighted by molar-refractivity contribution is 6.29. The third-order valence-corrected chi connectivity index (χ3v) is 4.29. The fraction of sp³-hybridized carbons (Fsp3) is 0.182. The Kier molecular flexibility index (Phi) is 6.87. The number of likely N-dealkylation sites (N-methyl/N-ethyl adjacent to an activating group) is 1. The number of carbonyl (C=O) groups excluding carboxylic acids is 1. The second-order valence-corrected chi connectivity index (χ2v) is 6.66. The second kappa shape index (κ2) is 9.76. The van der Waals surface area contributed by atoms with Crippen molar-refractivity contribution < 1.29 is 14.3 Å². The molecule has 3 aromatic rings. The molecule has 1 aromatic heterocycles. The van der Waals surface area contributed by atoms with Crippen LogP contribution >= 0.6 is 11.6 Å². The molecule has 28 heavy (non-hydrogen) atoms. The van der Waals surface area contributed by atoms with E-state index in [9.17, 15) is 4.79 Å². The van der Waals surface area contributed by atoms with Crippen LogP contribution in [0, 0.1) is 0 Å². The normalized spacial score (nSPS) is 10.4. The lowest BCUT2D eigenvalue weighted by molar-refractivity contribution is -0.132. The molecule has 0 spiro atoms. The molecule has 0 aliphatic heterocycles. The Morgan fingerprint density at radius 3 is 2.25 bits per heavy atom. The molecule has 3 rings (SSSR count). The summed E-state index contributed by atoms with van der Waals surface area (Å²) in [5.74, 6) is 1.23. The second-order valence-electron chi connectivity index (χ2n) is 6.27. The Hall–Kier alpha value is -3.05. The zero-order valence-corrected chi connectivity index (χ0v) is 16.3. The van der Waals surface area contributed by atoms with Crippen LogP contribution in [-0.4, -0.2) is 29.4 Å². The smallest absolute Gasteiger partial charge is 0.260 e. The van der Waals surface area contributed by atoms with Crippen molar-refractivity contribution in [3.05, 3.63) is 89.2 Å². The zero-order chi connectivity index (χ0) is 19.8. The molecule has 0 bridgehead atoms. The fourth-order valence-corrected chi connectivity index (χ4v) is 2.60. The number of carbonyl (C=O) groups is 1. The molecule has 0 aliphatic rings. The van der Waals surface area contributed by atoms with Gasteiger partial charge in [0.25, 0.3) is 5.91 Å². The van der Waals surface area contributed by atoms with Crippen LogP contribution in [0.15, 0.2) is 72.9 Å². The molecular weight excluding hydrogens is 376 g/mol. The summed E-state index contributed by atoms with van der Waals surface area (Å²) >= 11 is 5.77. The SMILES string of the molecule is CN(Cc1ccc(Cl)nc1)C(=O)COc1ccc(OCc2ccccc2)cc1. The molecule has 0 N–H and O–H groups in total. The average molecular weight is 397 g/mol. The largest absolute Gasteiger partial charge is 0.489 e. The van der Waals surface area contributed by atoms with Gasteiger partial charge in [-0.2, -0.15) is 0 Å². The van der Waals surface area contributed by atoms with Gasteiger partial charge >= 0.3 is 0 Å². The number of halogens is 1. The number of nitrogens with zero attached hydrogens (tertiary/aromatic N) is 2. The number of hydrogen-bond acceptors (Lipinski definition) is 4. The van der Waals surface area contributed by atoms with Crippen LogP contribution in [0.4, 0.5) is 0 Å². The summed E-state index contributed by atoms with van der Waals surface area (Å²) in [6.07, 6.45) is 1.65. The molecule has 1 amide bonds. The number of ether oxygens (including phenoxy) is 2. The van der Waals surface area contributed by atoms with Crippen LogP contribution in [0.2, 0.25) is 5.15 Å². The summed E-state index contributed by atoms with van der Waals surface area (Å²) in [5, 5.41) is 0.428. The number of amides is 1. The van der Waals surface area contributed by atoms with E-state index in [1.54, 1.807) is 36.3 Å². The predicted octanol–water partition coefficient (Wildman–Crippen LogP) is 4.35. The third kappa shape index (κ3) is 5.99. The van der Waals surface area contributed by atoms with Gasteiger partial charge in [0.2, 0.25) is 0 Å². The first kappa shape index (κ1) is 19.7. The maximum atomic E-state index is 12.2. The van der Waals surface area contributed by atoms with Crippen LogP contribution in [0.3, 0.4) is 0 Å². The van der Waals surface area contributed by atoms with E-state index < -0.39 is 0 Å². The highest BCUT2D eigenvalue weighted by Crippen LogP contribution is 2.19. The van der Waals surface area contributed by atoms with E-state index in [4.69, 9.17) is 21.1 Å². The molecule has 144 valence electrons. The molecule has 0 fully saturated rings. The standard InChI is InChI=1S/C22H21ClN2O3/c1-25(14-18-7-12-21(23)24-13-18)22(26)16-28-20-10-8-19(9-11-20)27-15-17-5-3-2-4-6-17/h2-13H,14-16H2,1H3. The van der Waals surface area contributed by atoms with Gasteiger partial charge < -0.3 is 14.4 Å². The summed E-state index contributed by atoms with van der Waals surface area (Å²) in [5.41, 5.74) is 2.01. The summed E-state index contributed by atoms with van der Waals surface area (Å²) < 4.78 is 11.3. The van der Waals surface area contributed by atoms with E-state index in [2.05, 4.69) is 4.98 Å². The van der Waals surface area contributed by atoms with E-state index in [0.717, 1.165) is 16.9 Å². The first-order chi connectivity index (χ1) is 13.6. The van der Waals surface area contributed by atoms with Crippen molar-refractivity contribution in [1.29, 1.82) is 0 Å². The van der Waals surface area contributed by atoms with Crippen LogP contribution in [-0.2, 0) is 17.9 Å². The van der Waals surface area contributed by atoms with Crippen molar-refractivity contribution >= 4 is 17.5 Å². The minimum Gasteiger partial charge on any atom is -0.489 e. The van der Waals surface area contributed by atoms with Gasteiger partial charge in [0.15, 0.2) is 6.61 Å². The van der Waals surface area contributed by atoms with Crippen molar-refractivity contribution in [2.45, 2.75) is 13.2 Å². The molecule has 0 saturated carbocycles. The van der Waals surface area contributed by atoms with Gasteiger partial charge in [0, 0.05) is 19.8 Å². The third-order valence-electron chi connectivity index (χ3n) is 4.07. The zero-order valence-electron chi connectivity index (χ0n) is 15.5. The van der Waals surface area contributed by atoms with Gasteiger partial charge in [-0.3, -0.25) is 4.79 Å². The Labute approximate surface area is 169 Å². The van der Waals surface area contributed by atoms with Gasteiger partial charge in [-0.25, -0.2) is 4.98 Å². The minimum absolute atomic E-state index is 0.0399. The minimum atomic E-state index is -0.126. The van der Waals surface area contributed by atoms with Gasteiger partial charge in [-0.1, -0.05) is 48.0 Å². The van der Waals surface area contributed by atoms with Crippen molar-refractivity contribution in [1.82, 2.24) is 9.88 Å². The van der Waals surface area contributed by atoms with Crippen LogP contribution in [0.1, 0.15) is 11.1 Å². The summed E-state index contributed by atoms with van der Waals surface area (Å²) in [7, 11) is 1.72. The van der Waals surface area contributed by atoms with Gasteiger partial charge in [0.05, 0.1) is 0 Å². The number of aromatic nitrogens is 1. The first-order valence-electron chi connectivity index (χ1n) is 8.84. The quantitative estimate of drug-likeness (QED) is 0.531. The maximum Gasteiger partial charge on any atom is 0.260 e. The molecule has 6 heteroatoms. The molecule has 5 nitrogen and oxygen atoms in total. The van der Waals surface area contributed by atoms with E-state index in [0.29, 0.717) is 24.1 Å². The lowest BCUT2D eigenvalue weighted by Gasteiger charge is -2.17. The highest BCUT2D eigenvalue weighted by Gasteiger charge is 2.10. The van der Waals surface area contributed by atoms with Gasteiger partial charge in [-0.15, -0.1) is 0 Å². The molecule has 0 aliphatic carbocycles. The van der Waals surface area contributed by atoms with Crippen molar-refractivity contribution in [2.24, 2.45) is 0 Å². The van der Waals surface area contributed by atoms with Gasteiger partial charge in [-0.05, 0) is 41.5 Å². The first-order valence-corrected chi connectivity index (χ1v) is 9.22. The van der Waals surface area contributed by atoms with Crippen molar-refractivity contribution in [3.63, 3.8) is 0 Å². The van der Waals surface area contributed by atoms with Gasteiger partial charge in [0.1, 0.15) is 23.3 Å². The van der Waals surface area contributed by atoms with E-state index in [-0.39, 0.29) is 12.5 Å². The Morgan fingerprint density at radius 1 is 0.929 bits per heavy atom. The summed E-state index contributed by atoms with van der Waals surface area (Å²) in [4.78, 5) is 17.8. The number of pyridine rings is 1.